The average molecular weight is 308 g/mol. The zero-order valence-electron chi connectivity index (χ0n) is 13.4. The van der Waals surface area contributed by atoms with Crippen molar-refractivity contribution in [2.75, 3.05) is 0 Å². The van der Waals surface area contributed by atoms with Crippen LogP contribution >= 0.6 is 0 Å². The molecule has 1 atom stereocenters. The topological polar surface area (TPSA) is 29.5 Å². The Hall–Kier alpha value is -2.16. The number of aliphatic hydroxyl groups is 1. The van der Waals surface area contributed by atoms with Gasteiger partial charge >= 0.3 is 0 Å². The van der Waals surface area contributed by atoms with E-state index < -0.39 is 11.7 Å². The first-order chi connectivity index (χ1) is 11.2. The Balaban J connectivity index is 2.27. The number of hydrogen-bond acceptors (Lipinski definition) is 2. The minimum Gasteiger partial charge on any atom is -0.386 e. The molecule has 2 aromatic rings. The van der Waals surface area contributed by atoms with Gasteiger partial charge in [-0.2, -0.15) is 0 Å². The van der Waals surface area contributed by atoms with Crippen LogP contribution in [0.1, 0.15) is 30.1 Å². The van der Waals surface area contributed by atoms with E-state index >= 15 is 0 Å². The summed E-state index contributed by atoms with van der Waals surface area (Å²) in [6.07, 6.45) is 3.89. The molecule has 0 aromatic heterocycles. The molecule has 0 radical (unpaired) electrons. The Labute approximate surface area is 138 Å². The Morgan fingerprint density at radius 1 is 0.913 bits per heavy atom. The summed E-state index contributed by atoms with van der Waals surface area (Å²) < 4.78 is 6.14. The molecule has 0 bridgehead atoms. The van der Waals surface area contributed by atoms with E-state index in [1.165, 1.54) is 0 Å². The van der Waals surface area contributed by atoms with E-state index in [0.717, 1.165) is 11.1 Å². The molecule has 0 saturated carbocycles. The van der Waals surface area contributed by atoms with E-state index in [-0.39, 0.29) is 0 Å². The van der Waals surface area contributed by atoms with Crippen molar-refractivity contribution in [1.29, 1.82) is 0 Å². The number of benzene rings is 2. The maximum Gasteiger partial charge on any atom is 0.112 e. The van der Waals surface area contributed by atoms with Gasteiger partial charge in [0.1, 0.15) is 11.7 Å². The summed E-state index contributed by atoms with van der Waals surface area (Å²) in [6, 6.07) is 19.8. The molecule has 1 N–H and O–H groups in total. The maximum atomic E-state index is 11.1. The average Bonchev–Trinajstić information content (AvgIpc) is 2.57. The normalized spacial score (nSPS) is 12.6. The second kappa shape index (κ2) is 8.47. The molecule has 0 unspecified atom stereocenters. The van der Waals surface area contributed by atoms with Crippen molar-refractivity contribution in [2.45, 2.75) is 31.2 Å². The van der Waals surface area contributed by atoms with Crippen LogP contribution < -0.4 is 0 Å². The molecule has 0 amide bonds. The van der Waals surface area contributed by atoms with Crippen LogP contribution in [0, 0.1) is 0 Å². The van der Waals surface area contributed by atoms with Crippen molar-refractivity contribution >= 4 is 0 Å². The molecule has 0 spiro atoms. The summed E-state index contributed by atoms with van der Waals surface area (Å²) in [4.78, 5) is 0. The van der Waals surface area contributed by atoms with Gasteiger partial charge in [0.2, 0.25) is 0 Å². The predicted molar refractivity (Wildman–Crippen MR) is 95.0 cm³/mol. The molecule has 0 aliphatic heterocycles. The van der Waals surface area contributed by atoms with Gasteiger partial charge in [0, 0.05) is 0 Å². The highest BCUT2D eigenvalue weighted by molar-refractivity contribution is 5.22. The second-order valence-corrected chi connectivity index (χ2v) is 5.68. The van der Waals surface area contributed by atoms with Crippen LogP contribution in [-0.2, 0) is 11.3 Å². The quantitative estimate of drug-likeness (QED) is 0.672. The van der Waals surface area contributed by atoms with E-state index in [2.05, 4.69) is 13.2 Å². The van der Waals surface area contributed by atoms with Crippen LogP contribution in [0.5, 0.6) is 0 Å². The van der Waals surface area contributed by atoms with E-state index in [1.54, 1.807) is 12.2 Å². The fourth-order valence-corrected chi connectivity index (χ4v) is 2.74. The molecule has 0 fully saturated rings. The summed E-state index contributed by atoms with van der Waals surface area (Å²) in [7, 11) is 0. The first kappa shape index (κ1) is 17.2. The van der Waals surface area contributed by atoms with Crippen molar-refractivity contribution in [3.8, 4) is 0 Å². The molecule has 2 aromatic carbocycles. The van der Waals surface area contributed by atoms with Crippen molar-refractivity contribution in [2.24, 2.45) is 0 Å². The van der Waals surface area contributed by atoms with Crippen molar-refractivity contribution < 1.29 is 9.84 Å². The third kappa shape index (κ3) is 4.65. The maximum absolute atomic E-state index is 11.1. The SMILES string of the molecule is C=CCC(O)(CC=C)[C@@H](OCc1ccccc1)c1ccccc1. The molecule has 2 nitrogen and oxygen atoms in total. The molecule has 0 heterocycles. The lowest BCUT2D eigenvalue weighted by molar-refractivity contribution is -0.115. The molecule has 120 valence electrons. The van der Waals surface area contributed by atoms with Crippen LogP contribution in [0.4, 0.5) is 0 Å². The fourth-order valence-electron chi connectivity index (χ4n) is 2.74. The monoisotopic (exact) mass is 308 g/mol. The van der Waals surface area contributed by atoms with Crippen molar-refractivity contribution in [3.05, 3.63) is 97.1 Å². The first-order valence-corrected chi connectivity index (χ1v) is 7.84. The van der Waals surface area contributed by atoms with Gasteiger partial charge in [0.05, 0.1) is 6.61 Å². The lowest BCUT2D eigenvalue weighted by Crippen LogP contribution is -2.37. The highest BCUT2D eigenvalue weighted by Gasteiger charge is 2.36. The number of rotatable bonds is 9. The first-order valence-electron chi connectivity index (χ1n) is 7.84. The van der Waals surface area contributed by atoms with Gasteiger partial charge in [-0.1, -0.05) is 72.8 Å². The fraction of sp³-hybridized carbons (Fsp3) is 0.238. The van der Waals surface area contributed by atoms with Gasteiger partial charge in [-0.15, -0.1) is 13.2 Å². The lowest BCUT2D eigenvalue weighted by Gasteiger charge is -2.35. The van der Waals surface area contributed by atoms with Gasteiger partial charge < -0.3 is 9.84 Å². The molecular formula is C21H24O2. The molecule has 0 saturated heterocycles. The van der Waals surface area contributed by atoms with E-state index in [9.17, 15) is 5.11 Å². The number of ether oxygens (including phenoxy) is 1. The third-order valence-corrected chi connectivity index (χ3v) is 3.85. The highest BCUT2D eigenvalue weighted by Crippen LogP contribution is 2.36. The second-order valence-electron chi connectivity index (χ2n) is 5.68. The molecule has 0 aliphatic carbocycles. The van der Waals surface area contributed by atoms with Crippen molar-refractivity contribution in [3.63, 3.8) is 0 Å². The van der Waals surface area contributed by atoms with E-state index in [4.69, 9.17) is 4.74 Å². The summed E-state index contributed by atoms with van der Waals surface area (Å²) in [6.45, 7) is 7.99. The van der Waals surface area contributed by atoms with Crippen LogP contribution in [0.15, 0.2) is 86.0 Å². The van der Waals surface area contributed by atoms with Crippen LogP contribution in [-0.4, -0.2) is 10.7 Å². The number of hydrogen-bond donors (Lipinski definition) is 1. The van der Waals surface area contributed by atoms with Gasteiger partial charge in [0.15, 0.2) is 0 Å². The Morgan fingerprint density at radius 2 is 1.43 bits per heavy atom. The third-order valence-electron chi connectivity index (χ3n) is 3.85. The van der Waals surface area contributed by atoms with Gasteiger partial charge in [-0.05, 0) is 24.0 Å². The lowest BCUT2D eigenvalue weighted by atomic mass is 9.85. The minimum atomic E-state index is -1.06. The Kier molecular flexibility index (Phi) is 6.33. The van der Waals surface area contributed by atoms with Crippen molar-refractivity contribution in [1.82, 2.24) is 0 Å². The summed E-state index contributed by atoms with van der Waals surface area (Å²) in [5, 5.41) is 11.1. The zero-order chi connectivity index (χ0) is 16.5. The standard InChI is InChI=1S/C21H24O2/c1-3-15-21(22,16-4-2)20(19-13-9-6-10-14-19)23-17-18-11-7-5-8-12-18/h3-14,20,22H,1-2,15-17H2/t20-/m0/s1. The van der Waals surface area contributed by atoms with Crippen LogP contribution in [0.2, 0.25) is 0 Å². The van der Waals surface area contributed by atoms with Crippen LogP contribution in [0.25, 0.3) is 0 Å². The summed E-state index contributed by atoms with van der Waals surface area (Å²) >= 11 is 0. The van der Waals surface area contributed by atoms with E-state index in [1.807, 2.05) is 60.7 Å². The smallest absolute Gasteiger partial charge is 0.112 e. The predicted octanol–water partition coefficient (Wildman–Crippen LogP) is 4.83. The molecule has 0 aliphatic rings. The summed E-state index contributed by atoms with van der Waals surface area (Å²) in [5.41, 5.74) is 0.974. The Morgan fingerprint density at radius 3 is 1.96 bits per heavy atom. The molecular weight excluding hydrogens is 284 g/mol. The molecule has 23 heavy (non-hydrogen) atoms. The molecule has 2 heteroatoms. The van der Waals surface area contributed by atoms with Gasteiger partial charge in [0.25, 0.3) is 0 Å². The molecule has 2 rings (SSSR count). The highest BCUT2D eigenvalue weighted by atomic mass is 16.5. The summed E-state index contributed by atoms with van der Waals surface area (Å²) in [5.74, 6) is 0. The van der Waals surface area contributed by atoms with Gasteiger partial charge in [-0.3, -0.25) is 0 Å². The van der Waals surface area contributed by atoms with Crippen LogP contribution in [0.3, 0.4) is 0 Å². The minimum absolute atomic E-state index is 0.438. The largest absolute Gasteiger partial charge is 0.386 e. The van der Waals surface area contributed by atoms with Gasteiger partial charge in [-0.25, -0.2) is 0 Å². The van der Waals surface area contributed by atoms with E-state index in [0.29, 0.717) is 19.4 Å². The Bertz CT molecular complexity index is 594. The zero-order valence-corrected chi connectivity index (χ0v) is 13.4.